The summed E-state index contributed by atoms with van der Waals surface area (Å²) in [5.41, 5.74) is 1.42. The van der Waals surface area contributed by atoms with Crippen molar-refractivity contribution in [3.8, 4) is 0 Å². The fourth-order valence-electron chi connectivity index (χ4n) is 4.95. The van der Waals surface area contributed by atoms with Crippen molar-refractivity contribution < 1.29 is 0 Å². The first-order valence-corrected chi connectivity index (χ1v) is 16.3. The van der Waals surface area contributed by atoms with Gasteiger partial charge in [0.1, 0.15) is 0 Å². The molecule has 2 heteroatoms. The summed E-state index contributed by atoms with van der Waals surface area (Å²) in [6, 6.07) is 17.3. The average Bonchev–Trinajstić information content (AvgIpc) is 2.78. The van der Waals surface area contributed by atoms with Crippen molar-refractivity contribution in [1.82, 2.24) is 5.32 Å². The molecule has 0 aliphatic rings. The van der Waals surface area contributed by atoms with Crippen molar-refractivity contribution >= 4 is 8.07 Å². The highest BCUT2D eigenvalue weighted by atomic mass is 28.3. The summed E-state index contributed by atoms with van der Waals surface area (Å²) in [5, 5.41) is 3.73. The first kappa shape index (κ1) is 27.4. The molecule has 0 fully saturated rings. The van der Waals surface area contributed by atoms with Crippen LogP contribution in [0.2, 0.25) is 24.2 Å². The van der Waals surface area contributed by atoms with Gasteiger partial charge in [0.25, 0.3) is 0 Å². The standard InChI is InChI=1S/C28H53NSi/c1-4-7-10-16-23-30(24-17-11-8-5-2,25-18-12-9-6-3)26-19-22-29-27-28-20-14-13-15-21-28/h13-15,20-21,29H,4-12,16-19,22-27H2,1-3H3. The Morgan fingerprint density at radius 1 is 0.567 bits per heavy atom. The first-order valence-electron chi connectivity index (χ1n) is 13.5. The number of unbranched alkanes of at least 4 members (excludes halogenated alkanes) is 9. The van der Waals surface area contributed by atoms with Crippen molar-refractivity contribution in [2.24, 2.45) is 0 Å². The van der Waals surface area contributed by atoms with Crippen LogP contribution < -0.4 is 5.32 Å². The van der Waals surface area contributed by atoms with Gasteiger partial charge in [0.05, 0.1) is 8.07 Å². The molecule has 0 bridgehead atoms. The molecule has 0 atom stereocenters. The van der Waals surface area contributed by atoms with Gasteiger partial charge >= 0.3 is 0 Å². The molecule has 1 nitrogen and oxygen atoms in total. The van der Waals surface area contributed by atoms with E-state index < -0.39 is 8.07 Å². The Morgan fingerprint density at radius 2 is 1.03 bits per heavy atom. The third-order valence-electron chi connectivity index (χ3n) is 6.91. The van der Waals surface area contributed by atoms with Gasteiger partial charge in [-0.3, -0.25) is 0 Å². The van der Waals surface area contributed by atoms with Crippen LogP contribution >= 0.6 is 0 Å². The Hall–Kier alpha value is -0.603. The maximum Gasteiger partial charge on any atom is 0.0536 e. The van der Waals surface area contributed by atoms with E-state index in [-0.39, 0.29) is 0 Å². The predicted molar refractivity (Wildman–Crippen MR) is 140 cm³/mol. The maximum absolute atomic E-state index is 3.73. The van der Waals surface area contributed by atoms with Crippen LogP contribution in [-0.2, 0) is 6.54 Å². The summed E-state index contributed by atoms with van der Waals surface area (Å²) in [6.07, 6.45) is 18.8. The van der Waals surface area contributed by atoms with Gasteiger partial charge in [0.15, 0.2) is 0 Å². The van der Waals surface area contributed by atoms with E-state index >= 15 is 0 Å². The largest absolute Gasteiger partial charge is 0.313 e. The quantitative estimate of drug-likeness (QED) is 0.151. The Kier molecular flexibility index (Phi) is 17.5. The van der Waals surface area contributed by atoms with Crippen LogP contribution in [0, 0.1) is 0 Å². The van der Waals surface area contributed by atoms with Gasteiger partial charge in [0.2, 0.25) is 0 Å². The Labute approximate surface area is 190 Å². The van der Waals surface area contributed by atoms with Gasteiger partial charge < -0.3 is 5.32 Å². The molecule has 0 amide bonds. The minimum absolute atomic E-state index is 1.03. The number of nitrogens with one attached hydrogen (secondary N) is 1. The highest BCUT2D eigenvalue weighted by molar-refractivity contribution is 6.79. The molecular weight excluding hydrogens is 378 g/mol. The zero-order valence-electron chi connectivity index (χ0n) is 20.8. The van der Waals surface area contributed by atoms with Crippen LogP contribution in [0.3, 0.4) is 0 Å². The van der Waals surface area contributed by atoms with Crippen LogP contribution in [0.1, 0.15) is 110 Å². The molecule has 0 spiro atoms. The van der Waals surface area contributed by atoms with Crippen LogP contribution in [0.4, 0.5) is 0 Å². The average molecular weight is 432 g/mol. The lowest BCUT2D eigenvalue weighted by Gasteiger charge is -2.33. The van der Waals surface area contributed by atoms with E-state index in [2.05, 4.69) is 56.4 Å². The Bertz CT molecular complexity index is 442. The number of hydrogen-bond donors (Lipinski definition) is 1. The van der Waals surface area contributed by atoms with Gasteiger partial charge in [-0.2, -0.15) is 0 Å². The maximum atomic E-state index is 3.73. The summed E-state index contributed by atoms with van der Waals surface area (Å²) in [7, 11) is -1.11. The van der Waals surface area contributed by atoms with Gasteiger partial charge in [-0.15, -0.1) is 0 Å². The molecule has 0 aliphatic carbocycles. The Morgan fingerprint density at radius 3 is 1.50 bits per heavy atom. The number of hydrogen-bond acceptors (Lipinski definition) is 1. The van der Waals surface area contributed by atoms with Crippen molar-refractivity contribution in [2.75, 3.05) is 6.54 Å². The molecule has 0 aromatic heterocycles. The zero-order valence-corrected chi connectivity index (χ0v) is 21.8. The monoisotopic (exact) mass is 431 g/mol. The van der Waals surface area contributed by atoms with E-state index in [9.17, 15) is 0 Å². The number of benzene rings is 1. The van der Waals surface area contributed by atoms with E-state index in [1.165, 1.54) is 95.6 Å². The zero-order chi connectivity index (χ0) is 21.8. The van der Waals surface area contributed by atoms with E-state index in [1.807, 2.05) is 0 Å². The molecule has 30 heavy (non-hydrogen) atoms. The van der Waals surface area contributed by atoms with Crippen LogP contribution in [0.25, 0.3) is 0 Å². The lowest BCUT2D eigenvalue weighted by Crippen LogP contribution is -2.35. The highest BCUT2D eigenvalue weighted by Gasteiger charge is 2.30. The first-order chi connectivity index (χ1) is 14.8. The van der Waals surface area contributed by atoms with Crippen molar-refractivity contribution in [1.29, 1.82) is 0 Å². The second-order valence-corrected chi connectivity index (χ2v) is 14.7. The normalized spacial score (nSPS) is 11.8. The topological polar surface area (TPSA) is 12.0 Å². The minimum atomic E-state index is -1.11. The molecule has 174 valence electrons. The lowest BCUT2D eigenvalue weighted by atomic mass is 10.2. The smallest absolute Gasteiger partial charge is 0.0536 e. The van der Waals surface area contributed by atoms with Crippen LogP contribution in [0.15, 0.2) is 30.3 Å². The third-order valence-corrected chi connectivity index (χ3v) is 12.6. The minimum Gasteiger partial charge on any atom is -0.313 e. The molecule has 0 saturated carbocycles. The molecule has 1 aromatic carbocycles. The number of rotatable bonds is 21. The molecule has 0 radical (unpaired) electrons. The SMILES string of the molecule is CCCCCC[Si](CCCCCC)(CCCCCC)CCCNCc1ccccc1. The van der Waals surface area contributed by atoms with Crippen LogP contribution in [-0.4, -0.2) is 14.6 Å². The predicted octanol–water partition coefficient (Wildman–Crippen LogP) is 9.36. The molecule has 1 aromatic rings. The van der Waals surface area contributed by atoms with Crippen LogP contribution in [0.5, 0.6) is 0 Å². The van der Waals surface area contributed by atoms with E-state index in [0.717, 1.165) is 6.54 Å². The molecule has 1 rings (SSSR count). The fraction of sp³-hybridized carbons (Fsp3) is 0.786. The second kappa shape index (κ2) is 19.1. The van der Waals surface area contributed by atoms with E-state index in [1.54, 1.807) is 24.2 Å². The van der Waals surface area contributed by atoms with Gasteiger partial charge in [-0.25, -0.2) is 0 Å². The van der Waals surface area contributed by atoms with E-state index in [0.29, 0.717) is 0 Å². The molecule has 0 unspecified atom stereocenters. The summed E-state index contributed by atoms with van der Waals surface area (Å²) in [4.78, 5) is 0. The van der Waals surface area contributed by atoms with Crippen molar-refractivity contribution in [3.05, 3.63) is 35.9 Å². The highest BCUT2D eigenvalue weighted by Crippen LogP contribution is 2.34. The Balaban J connectivity index is 2.56. The summed E-state index contributed by atoms with van der Waals surface area (Å²) in [6.45, 7) is 9.26. The third kappa shape index (κ3) is 13.7. The molecule has 0 heterocycles. The van der Waals surface area contributed by atoms with Crippen molar-refractivity contribution in [3.63, 3.8) is 0 Å². The second-order valence-electron chi connectivity index (χ2n) is 9.70. The summed E-state index contributed by atoms with van der Waals surface area (Å²) >= 11 is 0. The molecular formula is C28H53NSi. The molecule has 0 aliphatic heterocycles. The summed E-state index contributed by atoms with van der Waals surface area (Å²) in [5.74, 6) is 0. The summed E-state index contributed by atoms with van der Waals surface area (Å²) < 4.78 is 0. The fourth-order valence-corrected chi connectivity index (χ4v) is 10.4. The van der Waals surface area contributed by atoms with Gasteiger partial charge in [-0.1, -0.05) is 152 Å². The molecule has 0 saturated heterocycles. The lowest BCUT2D eigenvalue weighted by molar-refractivity contribution is 0.644. The van der Waals surface area contributed by atoms with E-state index in [4.69, 9.17) is 0 Å². The molecule has 1 N–H and O–H groups in total. The van der Waals surface area contributed by atoms with Gasteiger partial charge in [0, 0.05) is 6.54 Å². The van der Waals surface area contributed by atoms with Crippen molar-refractivity contribution in [2.45, 2.75) is 135 Å². The van der Waals surface area contributed by atoms with Gasteiger partial charge in [-0.05, 0) is 18.5 Å².